The molecular weight excluding hydrogens is 416 g/mol. The molecule has 0 bridgehead atoms. The number of hydrogen-bond donors (Lipinski definition) is 1. The lowest BCUT2D eigenvalue weighted by Crippen LogP contribution is -2.35. The van der Waals surface area contributed by atoms with Crippen LogP contribution in [0.4, 0.5) is 5.13 Å². The normalized spacial score (nSPS) is 14.9. The van der Waals surface area contributed by atoms with Crippen LogP contribution in [0.3, 0.4) is 0 Å². The standard InChI is InChI=1S/C19H19ClN4O2S2/c20-16-4-2-1-3-15(16)18-21-13(11-27-18)9-17(25)23-19-22-14(12-28-19)10-24-5-7-26-8-6-24/h1-4,11-12H,5-10H2,(H,22,23,25). The van der Waals surface area contributed by atoms with E-state index in [0.717, 1.165) is 54.8 Å². The van der Waals surface area contributed by atoms with Crippen LogP contribution in [0.2, 0.25) is 5.02 Å². The van der Waals surface area contributed by atoms with Gasteiger partial charge in [0.2, 0.25) is 5.91 Å². The van der Waals surface area contributed by atoms with Gasteiger partial charge < -0.3 is 10.1 Å². The van der Waals surface area contributed by atoms with E-state index in [9.17, 15) is 4.79 Å². The molecule has 0 unspecified atom stereocenters. The van der Waals surface area contributed by atoms with E-state index in [-0.39, 0.29) is 12.3 Å². The molecule has 1 N–H and O–H groups in total. The van der Waals surface area contributed by atoms with Gasteiger partial charge in [0.1, 0.15) is 5.01 Å². The quantitative estimate of drug-likeness (QED) is 0.636. The molecule has 0 saturated carbocycles. The van der Waals surface area contributed by atoms with Crippen molar-refractivity contribution in [3.8, 4) is 10.6 Å². The first kappa shape index (κ1) is 19.5. The topological polar surface area (TPSA) is 67.4 Å². The Morgan fingerprint density at radius 2 is 1.93 bits per heavy atom. The first-order valence-corrected chi connectivity index (χ1v) is 11.0. The van der Waals surface area contributed by atoms with Crippen LogP contribution in [0.1, 0.15) is 11.4 Å². The summed E-state index contributed by atoms with van der Waals surface area (Å²) in [6, 6.07) is 7.57. The Kier molecular flexibility index (Phi) is 6.33. The van der Waals surface area contributed by atoms with Crippen LogP contribution in [0, 0.1) is 0 Å². The molecule has 1 aliphatic rings. The van der Waals surface area contributed by atoms with Crippen molar-refractivity contribution in [2.45, 2.75) is 13.0 Å². The van der Waals surface area contributed by atoms with Crippen molar-refractivity contribution in [1.82, 2.24) is 14.9 Å². The number of anilines is 1. The number of morpholine rings is 1. The van der Waals surface area contributed by atoms with Gasteiger partial charge in [0.15, 0.2) is 5.13 Å². The molecule has 3 aromatic rings. The Morgan fingerprint density at radius 1 is 1.14 bits per heavy atom. The molecule has 146 valence electrons. The number of hydrogen-bond acceptors (Lipinski definition) is 7. The molecule has 1 aliphatic heterocycles. The summed E-state index contributed by atoms with van der Waals surface area (Å²) in [4.78, 5) is 23.7. The van der Waals surface area contributed by atoms with Crippen LogP contribution in [-0.4, -0.2) is 47.1 Å². The third-order valence-corrected chi connectivity index (χ3v) is 6.35. The first-order chi connectivity index (χ1) is 13.7. The minimum Gasteiger partial charge on any atom is -0.379 e. The van der Waals surface area contributed by atoms with E-state index < -0.39 is 0 Å². The number of halogens is 1. The van der Waals surface area contributed by atoms with Crippen molar-refractivity contribution in [3.05, 3.63) is 51.4 Å². The molecule has 0 spiro atoms. The summed E-state index contributed by atoms with van der Waals surface area (Å²) in [7, 11) is 0. The fourth-order valence-electron chi connectivity index (χ4n) is 2.90. The minimum absolute atomic E-state index is 0.122. The van der Waals surface area contributed by atoms with Gasteiger partial charge in [0.05, 0.1) is 36.0 Å². The second-order valence-corrected chi connectivity index (χ2v) is 8.50. The molecule has 0 radical (unpaired) electrons. The highest BCUT2D eigenvalue weighted by molar-refractivity contribution is 7.14. The van der Waals surface area contributed by atoms with Gasteiger partial charge in [0, 0.05) is 36.0 Å². The predicted octanol–water partition coefficient (Wildman–Crippen LogP) is 3.93. The monoisotopic (exact) mass is 434 g/mol. The van der Waals surface area contributed by atoms with Gasteiger partial charge in [-0.25, -0.2) is 9.97 Å². The molecule has 1 amide bonds. The van der Waals surface area contributed by atoms with Crippen LogP contribution >= 0.6 is 34.3 Å². The number of nitrogens with zero attached hydrogens (tertiary/aromatic N) is 3. The summed E-state index contributed by atoms with van der Waals surface area (Å²) < 4.78 is 5.36. The van der Waals surface area contributed by atoms with Gasteiger partial charge in [-0.3, -0.25) is 9.69 Å². The Morgan fingerprint density at radius 3 is 2.75 bits per heavy atom. The molecule has 0 atom stereocenters. The second-order valence-electron chi connectivity index (χ2n) is 6.38. The van der Waals surface area contributed by atoms with Crippen molar-refractivity contribution in [1.29, 1.82) is 0 Å². The third-order valence-electron chi connectivity index (χ3n) is 4.29. The predicted molar refractivity (Wildman–Crippen MR) is 113 cm³/mol. The summed E-state index contributed by atoms with van der Waals surface area (Å²) in [6.07, 6.45) is 0.208. The SMILES string of the molecule is O=C(Cc1csc(-c2ccccc2Cl)n1)Nc1nc(CN2CCOCC2)cs1. The molecule has 9 heteroatoms. The average molecular weight is 435 g/mol. The van der Waals surface area contributed by atoms with Crippen LogP contribution < -0.4 is 5.32 Å². The Labute approximate surface area is 176 Å². The number of thiazole rings is 2. The lowest BCUT2D eigenvalue weighted by atomic mass is 10.2. The van der Waals surface area contributed by atoms with Gasteiger partial charge >= 0.3 is 0 Å². The van der Waals surface area contributed by atoms with E-state index in [0.29, 0.717) is 10.2 Å². The zero-order valence-electron chi connectivity index (χ0n) is 15.1. The fourth-order valence-corrected chi connectivity index (χ4v) is 4.76. The number of carbonyl (C=O) groups excluding carboxylic acids is 1. The maximum atomic E-state index is 12.4. The highest BCUT2D eigenvalue weighted by atomic mass is 35.5. The number of aromatic nitrogens is 2. The Balaban J connectivity index is 1.33. The lowest BCUT2D eigenvalue weighted by molar-refractivity contribution is -0.115. The van der Waals surface area contributed by atoms with Crippen molar-refractivity contribution in [3.63, 3.8) is 0 Å². The summed E-state index contributed by atoms with van der Waals surface area (Å²) in [6.45, 7) is 4.13. The Hall–Kier alpha value is -1.84. The van der Waals surface area contributed by atoms with Crippen LogP contribution in [0.5, 0.6) is 0 Å². The summed E-state index contributed by atoms with van der Waals surface area (Å²) in [5.74, 6) is -0.122. The first-order valence-electron chi connectivity index (χ1n) is 8.91. The molecule has 1 fully saturated rings. The molecule has 1 saturated heterocycles. The molecular formula is C19H19ClN4O2S2. The van der Waals surface area contributed by atoms with Crippen molar-refractivity contribution < 1.29 is 9.53 Å². The number of nitrogens with one attached hydrogen (secondary N) is 1. The number of carbonyl (C=O) groups is 1. The zero-order chi connectivity index (χ0) is 19.3. The molecule has 0 aliphatic carbocycles. The molecule has 28 heavy (non-hydrogen) atoms. The van der Waals surface area contributed by atoms with Crippen molar-refractivity contribution in [2.75, 3.05) is 31.6 Å². The van der Waals surface area contributed by atoms with Gasteiger partial charge in [-0.2, -0.15) is 0 Å². The van der Waals surface area contributed by atoms with Crippen molar-refractivity contribution in [2.24, 2.45) is 0 Å². The summed E-state index contributed by atoms with van der Waals surface area (Å²) in [5.41, 5.74) is 2.58. The highest BCUT2D eigenvalue weighted by Gasteiger charge is 2.15. The van der Waals surface area contributed by atoms with E-state index in [1.165, 1.54) is 22.7 Å². The number of amides is 1. The minimum atomic E-state index is -0.122. The number of rotatable bonds is 6. The smallest absolute Gasteiger partial charge is 0.232 e. The maximum absolute atomic E-state index is 12.4. The van der Waals surface area contributed by atoms with E-state index >= 15 is 0 Å². The second kappa shape index (κ2) is 9.11. The number of benzene rings is 1. The van der Waals surface area contributed by atoms with Crippen LogP contribution in [0.15, 0.2) is 35.0 Å². The Bertz CT molecular complexity index is 953. The average Bonchev–Trinajstić information content (AvgIpc) is 3.32. The van der Waals surface area contributed by atoms with E-state index in [4.69, 9.17) is 16.3 Å². The third kappa shape index (κ3) is 4.95. The van der Waals surface area contributed by atoms with Gasteiger partial charge in [-0.15, -0.1) is 22.7 Å². The molecule has 2 aromatic heterocycles. The highest BCUT2D eigenvalue weighted by Crippen LogP contribution is 2.30. The molecule has 3 heterocycles. The van der Waals surface area contributed by atoms with Gasteiger partial charge in [-0.05, 0) is 6.07 Å². The maximum Gasteiger partial charge on any atom is 0.232 e. The van der Waals surface area contributed by atoms with Gasteiger partial charge in [0.25, 0.3) is 0 Å². The largest absolute Gasteiger partial charge is 0.379 e. The fraction of sp³-hybridized carbons (Fsp3) is 0.316. The molecule has 6 nitrogen and oxygen atoms in total. The van der Waals surface area contributed by atoms with Gasteiger partial charge in [-0.1, -0.05) is 29.8 Å². The molecule has 4 rings (SSSR count). The van der Waals surface area contributed by atoms with Crippen molar-refractivity contribution >= 4 is 45.3 Å². The van der Waals surface area contributed by atoms with Crippen LogP contribution in [-0.2, 0) is 22.5 Å². The number of ether oxygens (including phenoxy) is 1. The van der Waals surface area contributed by atoms with E-state index in [1.807, 2.05) is 35.0 Å². The lowest BCUT2D eigenvalue weighted by Gasteiger charge is -2.25. The van der Waals surface area contributed by atoms with E-state index in [1.54, 1.807) is 0 Å². The van der Waals surface area contributed by atoms with E-state index in [2.05, 4.69) is 20.2 Å². The summed E-state index contributed by atoms with van der Waals surface area (Å²) >= 11 is 9.15. The van der Waals surface area contributed by atoms with Crippen LogP contribution in [0.25, 0.3) is 10.6 Å². The molecule has 1 aromatic carbocycles. The summed E-state index contributed by atoms with van der Waals surface area (Å²) in [5, 5.41) is 8.85. The zero-order valence-corrected chi connectivity index (χ0v) is 17.4.